The summed E-state index contributed by atoms with van der Waals surface area (Å²) in [5, 5.41) is 13.1. The van der Waals surface area contributed by atoms with Crippen molar-refractivity contribution in [1.29, 1.82) is 0 Å². The van der Waals surface area contributed by atoms with E-state index in [1.54, 1.807) is 11.8 Å². The van der Waals surface area contributed by atoms with Crippen molar-refractivity contribution in [3.05, 3.63) is 41.7 Å². The second kappa shape index (κ2) is 8.44. The first-order valence-electron chi connectivity index (χ1n) is 8.57. The molecule has 5 nitrogen and oxygen atoms in total. The quantitative estimate of drug-likeness (QED) is 0.475. The number of carbonyl (C=O) groups excluding carboxylic acids is 1. The number of aromatic nitrogens is 3. The van der Waals surface area contributed by atoms with Crippen molar-refractivity contribution >= 4 is 17.5 Å². The lowest BCUT2D eigenvalue weighted by Crippen LogP contribution is -2.27. The van der Waals surface area contributed by atoms with Gasteiger partial charge in [-0.2, -0.15) is 0 Å². The summed E-state index contributed by atoms with van der Waals surface area (Å²) in [4.78, 5) is 12.1. The fourth-order valence-corrected chi connectivity index (χ4v) is 3.91. The lowest BCUT2D eigenvalue weighted by atomic mass is 9.97. The number of rotatable bonds is 7. The van der Waals surface area contributed by atoms with Crippen LogP contribution in [0, 0.1) is 0 Å². The van der Waals surface area contributed by atoms with Crippen LogP contribution in [-0.2, 0) is 7.05 Å². The van der Waals surface area contributed by atoms with Gasteiger partial charge in [0.1, 0.15) is 5.82 Å². The second-order valence-corrected chi connectivity index (χ2v) is 7.23. The molecule has 1 fully saturated rings. The van der Waals surface area contributed by atoms with Gasteiger partial charge in [0.2, 0.25) is 0 Å². The molecule has 0 spiro atoms. The number of hydrogen-bond acceptors (Lipinski definition) is 5. The third kappa shape index (κ3) is 4.24. The van der Waals surface area contributed by atoms with Crippen molar-refractivity contribution < 1.29 is 4.79 Å². The van der Waals surface area contributed by atoms with Crippen LogP contribution in [0.3, 0.4) is 0 Å². The van der Waals surface area contributed by atoms with Crippen molar-refractivity contribution in [2.75, 3.05) is 18.8 Å². The maximum Gasteiger partial charge on any atom is 0.190 e. The number of thioether (sulfide) groups is 1. The molecule has 0 atom stereocenters. The molecule has 0 radical (unpaired) electrons. The molecule has 1 aromatic carbocycles. The summed E-state index contributed by atoms with van der Waals surface area (Å²) >= 11 is 1.69. The monoisotopic (exact) mass is 344 g/mol. The van der Waals surface area contributed by atoms with Crippen molar-refractivity contribution in [1.82, 2.24) is 20.1 Å². The van der Waals surface area contributed by atoms with E-state index in [4.69, 9.17) is 0 Å². The second-order valence-electron chi connectivity index (χ2n) is 6.17. The van der Waals surface area contributed by atoms with Crippen LogP contribution < -0.4 is 5.32 Å². The van der Waals surface area contributed by atoms with Gasteiger partial charge in [0.05, 0.1) is 0 Å². The summed E-state index contributed by atoms with van der Waals surface area (Å²) in [6.07, 6.45) is 3.69. The van der Waals surface area contributed by atoms with Gasteiger partial charge in [-0.25, -0.2) is 0 Å². The molecule has 3 rings (SSSR count). The minimum atomic E-state index is 0.213. The molecule has 1 N–H and O–H groups in total. The van der Waals surface area contributed by atoms with E-state index < -0.39 is 0 Å². The molecule has 6 heteroatoms. The molecule has 2 aromatic rings. The fourth-order valence-electron chi connectivity index (χ4n) is 3.05. The highest BCUT2D eigenvalue weighted by Gasteiger charge is 2.21. The van der Waals surface area contributed by atoms with E-state index in [9.17, 15) is 4.79 Å². The molecule has 128 valence electrons. The zero-order valence-corrected chi connectivity index (χ0v) is 14.9. The average Bonchev–Trinajstić information content (AvgIpc) is 3.00. The Bertz CT molecular complexity index is 665. The zero-order valence-electron chi connectivity index (χ0n) is 14.1. The topological polar surface area (TPSA) is 59.8 Å². The highest BCUT2D eigenvalue weighted by Crippen LogP contribution is 2.26. The van der Waals surface area contributed by atoms with Crippen LogP contribution in [0.2, 0.25) is 0 Å². The largest absolute Gasteiger partial charge is 0.317 e. The molecule has 0 amide bonds. The zero-order chi connectivity index (χ0) is 16.8. The van der Waals surface area contributed by atoms with Gasteiger partial charge in [0.25, 0.3) is 0 Å². The third-order valence-corrected chi connectivity index (χ3v) is 5.55. The van der Waals surface area contributed by atoms with E-state index in [0.717, 1.165) is 54.6 Å². The van der Waals surface area contributed by atoms with Gasteiger partial charge in [-0.1, -0.05) is 42.1 Å². The van der Waals surface area contributed by atoms with Crippen LogP contribution in [0.1, 0.15) is 47.8 Å². The summed E-state index contributed by atoms with van der Waals surface area (Å²) in [7, 11) is 2.05. The molecule has 0 saturated carbocycles. The summed E-state index contributed by atoms with van der Waals surface area (Å²) in [6.45, 7) is 2.11. The molecule has 0 aliphatic carbocycles. The van der Waals surface area contributed by atoms with Crippen LogP contribution in [0.5, 0.6) is 0 Å². The van der Waals surface area contributed by atoms with Crippen molar-refractivity contribution in [3.8, 4) is 0 Å². The van der Waals surface area contributed by atoms with Gasteiger partial charge in [-0.05, 0) is 32.4 Å². The van der Waals surface area contributed by atoms with Gasteiger partial charge < -0.3 is 9.88 Å². The van der Waals surface area contributed by atoms with E-state index in [2.05, 4.69) is 27.1 Å². The van der Waals surface area contributed by atoms with Crippen molar-refractivity contribution in [2.45, 2.75) is 36.8 Å². The molecule has 0 unspecified atom stereocenters. The number of benzene rings is 1. The molecular formula is C18H24N4OS. The molecule has 1 saturated heterocycles. The first-order chi connectivity index (χ1) is 11.8. The van der Waals surface area contributed by atoms with E-state index in [1.165, 1.54) is 0 Å². The van der Waals surface area contributed by atoms with Crippen LogP contribution in [0.15, 0.2) is 35.5 Å². The van der Waals surface area contributed by atoms with E-state index in [-0.39, 0.29) is 5.78 Å². The van der Waals surface area contributed by atoms with Crippen LogP contribution in [0.25, 0.3) is 0 Å². The molecule has 0 bridgehead atoms. The maximum atomic E-state index is 12.1. The van der Waals surface area contributed by atoms with Crippen LogP contribution in [-0.4, -0.2) is 39.4 Å². The lowest BCUT2D eigenvalue weighted by molar-refractivity contribution is 0.0982. The Morgan fingerprint density at radius 1 is 1.25 bits per heavy atom. The molecule has 2 heterocycles. The Kier molecular flexibility index (Phi) is 6.04. The van der Waals surface area contributed by atoms with Gasteiger partial charge in [-0.15, -0.1) is 10.2 Å². The predicted octanol–water partition coefficient (Wildman–Crippen LogP) is 3.04. The van der Waals surface area contributed by atoms with E-state index in [1.807, 2.05) is 30.3 Å². The highest BCUT2D eigenvalue weighted by molar-refractivity contribution is 7.99. The summed E-state index contributed by atoms with van der Waals surface area (Å²) in [5.41, 5.74) is 0.800. The number of nitrogens with one attached hydrogen (secondary N) is 1. The van der Waals surface area contributed by atoms with Gasteiger partial charge in [-0.3, -0.25) is 4.79 Å². The van der Waals surface area contributed by atoms with Crippen molar-refractivity contribution in [3.63, 3.8) is 0 Å². The SMILES string of the molecule is Cn1c(SCCCC(=O)c2ccccc2)nnc1C1CCNCC1. The van der Waals surface area contributed by atoms with Crippen LogP contribution in [0.4, 0.5) is 0 Å². The molecular weight excluding hydrogens is 320 g/mol. The normalized spacial score (nSPS) is 15.5. The Morgan fingerprint density at radius 2 is 2.00 bits per heavy atom. The first-order valence-corrected chi connectivity index (χ1v) is 9.55. The Hall–Kier alpha value is -1.66. The number of nitrogens with zero attached hydrogens (tertiary/aromatic N) is 3. The Morgan fingerprint density at radius 3 is 2.75 bits per heavy atom. The molecule has 1 aliphatic rings. The number of ketones is 1. The Labute approximate surface area is 147 Å². The average molecular weight is 344 g/mol. The minimum Gasteiger partial charge on any atom is -0.317 e. The lowest BCUT2D eigenvalue weighted by Gasteiger charge is -2.21. The van der Waals surface area contributed by atoms with E-state index >= 15 is 0 Å². The molecule has 1 aliphatic heterocycles. The van der Waals surface area contributed by atoms with Crippen molar-refractivity contribution in [2.24, 2.45) is 7.05 Å². The fraction of sp³-hybridized carbons (Fsp3) is 0.500. The highest BCUT2D eigenvalue weighted by atomic mass is 32.2. The smallest absolute Gasteiger partial charge is 0.190 e. The number of carbonyl (C=O) groups is 1. The van der Waals surface area contributed by atoms with Crippen LogP contribution >= 0.6 is 11.8 Å². The number of hydrogen-bond donors (Lipinski definition) is 1. The number of Topliss-reactive ketones (excluding diaryl/α,β-unsaturated/α-hetero) is 1. The van der Waals surface area contributed by atoms with E-state index in [0.29, 0.717) is 12.3 Å². The van der Waals surface area contributed by atoms with Gasteiger partial charge in [0, 0.05) is 30.7 Å². The summed E-state index contributed by atoms with van der Waals surface area (Å²) in [5.74, 6) is 2.71. The third-order valence-electron chi connectivity index (χ3n) is 4.45. The standard InChI is InChI=1S/C18H24N4OS/c1-22-17(15-9-11-19-12-10-15)20-21-18(22)24-13-5-8-16(23)14-6-3-2-4-7-14/h2-4,6-7,15,19H,5,8-13H2,1H3. The van der Waals surface area contributed by atoms with Gasteiger partial charge in [0.15, 0.2) is 10.9 Å². The first kappa shape index (κ1) is 17.2. The summed E-state index contributed by atoms with van der Waals surface area (Å²) in [6, 6.07) is 9.50. The summed E-state index contributed by atoms with van der Waals surface area (Å²) < 4.78 is 2.12. The minimum absolute atomic E-state index is 0.213. The molecule has 24 heavy (non-hydrogen) atoms. The van der Waals surface area contributed by atoms with Gasteiger partial charge >= 0.3 is 0 Å². The predicted molar refractivity (Wildman–Crippen MR) is 96.6 cm³/mol. The molecule has 1 aromatic heterocycles. The Balaban J connectivity index is 1.47. The number of piperidine rings is 1. The maximum absolute atomic E-state index is 12.1.